The van der Waals surface area contributed by atoms with E-state index in [1.165, 1.54) is 0 Å². The third-order valence-electron chi connectivity index (χ3n) is 5.49. The van der Waals surface area contributed by atoms with Crippen molar-refractivity contribution in [2.24, 2.45) is 0 Å². The highest BCUT2D eigenvalue weighted by Crippen LogP contribution is 2.50. The number of rotatable bonds is 4. The number of nitrogens with one attached hydrogen (secondary N) is 2. The highest BCUT2D eigenvalue weighted by Gasteiger charge is 2.60. The van der Waals surface area contributed by atoms with Gasteiger partial charge in [-0.2, -0.15) is 0 Å². The largest absolute Gasteiger partial charge is 0.353 e. The second-order valence-corrected chi connectivity index (χ2v) is 9.31. The summed E-state index contributed by atoms with van der Waals surface area (Å²) >= 11 is 0. The summed E-state index contributed by atoms with van der Waals surface area (Å²) in [4.78, 5) is 14.5. The van der Waals surface area contributed by atoms with Crippen LogP contribution in [-0.2, 0) is 21.2 Å². The van der Waals surface area contributed by atoms with Gasteiger partial charge in [-0.1, -0.05) is 30.3 Å². The van der Waals surface area contributed by atoms with E-state index in [2.05, 4.69) is 14.9 Å². The Bertz CT molecular complexity index is 731. The van der Waals surface area contributed by atoms with E-state index in [-0.39, 0.29) is 18.0 Å². The van der Waals surface area contributed by atoms with Crippen molar-refractivity contribution in [2.45, 2.75) is 42.5 Å². The normalized spacial score (nSPS) is 31.1. The molecular formula is C17H23N3O3S. The lowest BCUT2D eigenvalue weighted by Crippen LogP contribution is -2.58. The standard InChI is InChI=1S/C17H23N3O3S/c21-16-15(10-13-4-2-1-3-5-13)20(9-8-18-16)12-14-11-17(6-7-17)24(22,23)19-14/h1-5,14-15,19H,6-12H2,(H,18,21). The molecule has 1 spiro atoms. The van der Waals surface area contributed by atoms with Crippen molar-refractivity contribution in [1.29, 1.82) is 0 Å². The predicted molar refractivity (Wildman–Crippen MR) is 90.9 cm³/mol. The lowest BCUT2D eigenvalue weighted by atomic mass is 10.0. The summed E-state index contributed by atoms with van der Waals surface area (Å²) in [5.74, 6) is 0.0343. The van der Waals surface area contributed by atoms with E-state index in [9.17, 15) is 13.2 Å². The van der Waals surface area contributed by atoms with E-state index in [1.807, 2.05) is 30.3 Å². The van der Waals surface area contributed by atoms with E-state index < -0.39 is 14.8 Å². The van der Waals surface area contributed by atoms with Gasteiger partial charge in [-0.25, -0.2) is 13.1 Å². The molecule has 6 nitrogen and oxygen atoms in total. The molecule has 1 amide bonds. The van der Waals surface area contributed by atoms with E-state index >= 15 is 0 Å². The first kappa shape index (κ1) is 16.1. The van der Waals surface area contributed by atoms with Crippen molar-refractivity contribution in [2.75, 3.05) is 19.6 Å². The molecule has 0 radical (unpaired) electrons. The summed E-state index contributed by atoms with van der Waals surface area (Å²) in [6, 6.07) is 9.65. The number of carbonyl (C=O) groups is 1. The Morgan fingerprint density at radius 2 is 1.96 bits per heavy atom. The van der Waals surface area contributed by atoms with Crippen molar-refractivity contribution in [3.8, 4) is 0 Å². The van der Waals surface area contributed by atoms with E-state index in [0.29, 0.717) is 25.9 Å². The smallest absolute Gasteiger partial charge is 0.237 e. The number of hydrogen-bond acceptors (Lipinski definition) is 4. The molecule has 130 valence electrons. The third kappa shape index (κ3) is 2.85. The van der Waals surface area contributed by atoms with Gasteiger partial charge in [0.05, 0.1) is 10.8 Å². The number of amides is 1. The van der Waals surface area contributed by atoms with E-state index in [1.54, 1.807) is 0 Å². The molecule has 3 fully saturated rings. The average Bonchev–Trinajstić information content (AvgIpc) is 3.28. The van der Waals surface area contributed by atoms with Gasteiger partial charge in [-0.15, -0.1) is 0 Å². The third-order valence-corrected chi connectivity index (χ3v) is 7.85. The van der Waals surface area contributed by atoms with Crippen molar-refractivity contribution in [1.82, 2.24) is 14.9 Å². The summed E-state index contributed by atoms with van der Waals surface area (Å²) < 4.78 is 26.8. The molecule has 2 heterocycles. The van der Waals surface area contributed by atoms with Gasteiger partial charge in [0, 0.05) is 25.7 Å². The number of nitrogens with zero attached hydrogens (tertiary/aromatic N) is 1. The van der Waals surface area contributed by atoms with Crippen molar-refractivity contribution >= 4 is 15.9 Å². The van der Waals surface area contributed by atoms with Crippen LogP contribution in [0.5, 0.6) is 0 Å². The topological polar surface area (TPSA) is 78.5 Å². The molecule has 2 unspecified atom stereocenters. The second kappa shape index (κ2) is 5.82. The van der Waals surface area contributed by atoms with Crippen molar-refractivity contribution in [3.05, 3.63) is 35.9 Å². The lowest BCUT2D eigenvalue weighted by Gasteiger charge is -2.36. The molecule has 2 N–H and O–H groups in total. The molecular weight excluding hydrogens is 326 g/mol. The Hall–Kier alpha value is -1.44. The quantitative estimate of drug-likeness (QED) is 0.817. The summed E-state index contributed by atoms with van der Waals surface area (Å²) in [5.41, 5.74) is 1.12. The molecule has 1 aliphatic carbocycles. The lowest BCUT2D eigenvalue weighted by molar-refractivity contribution is -0.129. The van der Waals surface area contributed by atoms with Crippen LogP contribution < -0.4 is 10.0 Å². The first-order valence-electron chi connectivity index (χ1n) is 8.57. The molecule has 24 heavy (non-hydrogen) atoms. The number of hydrogen-bond donors (Lipinski definition) is 2. The van der Waals surface area contributed by atoms with Gasteiger partial charge in [0.1, 0.15) is 0 Å². The summed E-state index contributed by atoms with van der Waals surface area (Å²) in [6.45, 7) is 1.98. The monoisotopic (exact) mass is 349 g/mol. The first-order valence-corrected chi connectivity index (χ1v) is 10.1. The first-order chi connectivity index (χ1) is 11.5. The number of carbonyl (C=O) groups excluding carboxylic acids is 1. The van der Waals surface area contributed by atoms with Crippen molar-refractivity contribution < 1.29 is 13.2 Å². The molecule has 1 aromatic carbocycles. The molecule has 2 aliphatic heterocycles. The fourth-order valence-corrected chi connectivity index (χ4v) is 5.89. The van der Waals surface area contributed by atoms with Gasteiger partial charge in [0.2, 0.25) is 15.9 Å². The molecule has 1 saturated carbocycles. The highest BCUT2D eigenvalue weighted by atomic mass is 32.2. The molecule has 2 atom stereocenters. The van der Waals surface area contributed by atoms with Crippen LogP contribution in [0.4, 0.5) is 0 Å². The zero-order chi connectivity index (χ0) is 16.8. The molecule has 0 bridgehead atoms. The minimum Gasteiger partial charge on any atom is -0.353 e. The molecule has 1 aromatic rings. The molecule has 0 aromatic heterocycles. The Morgan fingerprint density at radius 3 is 2.62 bits per heavy atom. The molecule has 4 rings (SSSR count). The zero-order valence-electron chi connectivity index (χ0n) is 13.6. The summed E-state index contributed by atoms with van der Waals surface area (Å²) in [7, 11) is -3.18. The van der Waals surface area contributed by atoms with Crippen LogP contribution in [0.25, 0.3) is 0 Å². The van der Waals surface area contributed by atoms with Gasteiger partial charge in [-0.3, -0.25) is 9.69 Å². The Morgan fingerprint density at radius 1 is 1.21 bits per heavy atom. The Balaban J connectivity index is 1.47. The molecule has 3 aliphatic rings. The predicted octanol–water partition coefficient (Wildman–Crippen LogP) is 0.254. The summed E-state index contributed by atoms with van der Waals surface area (Å²) in [6.07, 6.45) is 2.86. The fourth-order valence-electron chi connectivity index (χ4n) is 3.98. The highest BCUT2D eigenvalue weighted by molar-refractivity contribution is 7.91. The minimum atomic E-state index is -3.18. The van der Waals surface area contributed by atoms with Gasteiger partial charge in [0.15, 0.2) is 0 Å². The van der Waals surface area contributed by atoms with Gasteiger partial charge >= 0.3 is 0 Å². The Kier molecular flexibility index (Phi) is 3.89. The second-order valence-electron chi connectivity index (χ2n) is 7.20. The SMILES string of the molecule is O=C1NCCN(CC2CC3(CC3)S(=O)(=O)N2)C1Cc1ccccc1. The van der Waals surface area contributed by atoms with Gasteiger partial charge < -0.3 is 5.32 Å². The molecule has 7 heteroatoms. The van der Waals surface area contributed by atoms with Crippen LogP contribution in [0.15, 0.2) is 30.3 Å². The van der Waals surface area contributed by atoms with Crippen LogP contribution in [-0.4, -0.2) is 55.7 Å². The molecule has 2 saturated heterocycles. The van der Waals surface area contributed by atoms with Crippen LogP contribution in [0.3, 0.4) is 0 Å². The maximum absolute atomic E-state index is 12.4. The number of benzene rings is 1. The zero-order valence-corrected chi connectivity index (χ0v) is 14.4. The van der Waals surface area contributed by atoms with Crippen LogP contribution in [0.2, 0.25) is 0 Å². The maximum Gasteiger partial charge on any atom is 0.237 e. The number of sulfonamides is 1. The van der Waals surface area contributed by atoms with Crippen LogP contribution in [0.1, 0.15) is 24.8 Å². The van der Waals surface area contributed by atoms with E-state index in [4.69, 9.17) is 0 Å². The summed E-state index contributed by atoms with van der Waals surface area (Å²) in [5, 5.41) is 2.93. The minimum absolute atomic E-state index is 0.0343. The average molecular weight is 349 g/mol. The van der Waals surface area contributed by atoms with Crippen molar-refractivity contribution in [3.63, 3.8) is 0 Å². The van der Waals surface area contributed by atoms with Gasteiger partial charge in [0.25, 0.3) is 0 Å². The van der Waals surface area contributed by atoms with Gasteiger partial charge in [-0.05, 0) is 31.2 Å². The van der Waals surface area contributed by atoms with Crippen LogP contribution >= 0.6 is 0 Å². The van der Waals surface area contributed by atoms with Crippen LogP contribution in [0, 0.1) is 0 Å². The maximum atomic E-state index is 12.4. The fraction of sp³-hybridized carbons (Fsp3) is 0.588. The van der Waals surface area contributed by atoms with E-state index in [0.717, 1.165) is 24.9 Å². The Labute approximate surface area is 142 Å². The number of piperazine rings is 1.